The van der Waals surface area contributed by atoms with E-state index in [9.17, 15) is 48.2 Å². The molecule has 0 bridgehead atoms. The maximum atomic E-state index is 14.2. The van der Waals surface area contributed by atoms with E-state index in [1.54, 1.807) is 7.11 Å². The van der Waals surface area contributed by atoms with Crippen LogP contribution in [0.4, 0.5) is 0 Å². The molecule has 2 fully saturated rings. The van der Waals surface area contributed by atoms with Crippen molar-refractivity contribution in [1.82, 2.24) is 10.6 Å². The number of amides is 2. The molecule has 2 aliphatic heterocycles. The van der Waals surface area contributed by atoms with E-state index in [4.69, 9.17) is 37.5 Å². The number of hydrogen-bond acceptors (Lipinski definition) is 14. The summed E-state index contributed by atoms with van der Waals surface area (Å²) in [7, 11) is -7.49. The van der Waals surface area contributed by atoms with Gasteiger partial charge in [-0.05, 0) is 64.2 Å². The highest BCUT2D eigenvalue weighted by atomic mass is 31.2. The van der Waals surface area contributed by atoms with Crippen LogP contribution in [0.15, 0.2) is 12.2 Å². The van der Waals surface area contributed by atoms with Crippen LogP contribution in [0, 0.1) is 5.92 Å². The van der Waals surface area contributed by atoms with Crippen LogP contribution in [0.3, 0.4) is 0 Å². The van der Waals surface area contributed by atoms with Crippen molar-refractivity contribution in [1.29, 1.82) is 0 Å². The Bertz CT molecular complexity index is 1890. The van der Waals surface area contributed by atoms with Gasteiger partial charge in [0, 0.05) is 39.6 Å². The number of ketones is 1. The van der Waals surface area contributed by atoms with Gasteiger partial charge in [-0.3, -0.25) is 23.4 Å². The first-order chi connectivity index (χ1) is 42.9. The molecule has 0 aromatic carbocycles. The number of aliphatic hydroxyl groups excluding tert-OH is 1. The van der Waals surface area contributed by atoms with Crippen molar-refractivity contribution >= 4 is 33.2 Å². The number of allylic oxidation sites excluding steroid dienone is 2. The minimum atomic E-state index is -5.38. The highest BCUT2D eigenvalue weighted by Gasteiger charge is 2.52. The smallest absolute Gasteiger partial charge is 0.388 e. The Balaban J connectivity index is 2.45. The first kappa shape index (κ1) is 83.4. The third-order valence-corrected chi connectivity index (χ3v) is 18.4. The van der Waals surface area contributed by atoms with Crippen LogP contribution >= 0.6 is 15.6 Å². The van der Waals surface area contributed by atoms with E-state index in [0.717, 1.165) is 154 Å². The molecule has 11 atom stereocenters. The maximum Gasteiger partial charge on any atom is 0.472 e. The average molecular weight is 1310 g/mol. The Morgan fingerprint density at radius 2 is 0.955 bits per heavy atom. The van der Waals surface area contributed by atoms with E-state index in [1.165, 1.54) is 64.9 Å². The molecule has 0 saturated carbocycles. The number of ether oxygens (including phenoxy) is 6. The molecule has 22 heteroatoms. The monoisotopic (exact) mass is 1310 g/mol. The maximum absolute atomic E-state index is 14.2. The molecule has 0 aromatic heterocycles. The first-order valence-corrected chi connectivity index (χ1v) is 38.4. The lowest BCUT2D eigenvalue weighted by Gasteiger charge is -2.48. The minimum absolute atomic E-state index is 0.0907. The highest BCUT2D eigenvalue weighted by Crippen LogP contribution is 2.45. The van der Waals surface area contributed by atoms with Gasteiger partial charge in [0.1, 0.15) is 42.3 Å². The van der Waals surface area contributed by atoms with Crippen LogP contribution in [0.1, 0.15) is 297 Å². The fourth-order valence-electron chi connectivity index (χ4n) is 12.2. The fourth-order valence-corrected chi connectivity index (χ4v) is 13.3. The Labute approximate surface area is 538 Å². The molecule has 2 heterocycles. The second-order valence-corrected chi connectivity index (χ2v) is 27.7. The number of hydrogen-bond donors (Lipinski definition) is 7. The minimum Gasteiger partial charge on any atom is -0.388 e. The van der Waals surface area contributed by atoms with Crippen LogP contribution in [0.25, 0.3) is 0 Å². The van der Waals surface area contributed by atoms with Crippen molar-refractivity contribution in [3.63, 3.8) is 0 Å². The summed E-state index contributed by atoms with van der Waals surface area (Å²) in [5, 5.41) is 18.1. The van der Waals surface area contributed by atoms with Gasteiger partial charge in [-0.1, -0.05) is 226 Å². The Hall–Kier alpha value is -1.71. The number of phosphoric acid groups is 2. The summed E-state index contributed by atoms with van der Waals surface area (Å²) in [5.41, 5.74) is 0. The molecule has 2 saturated heterocycles. The number of methoxy groups -OCH3 is 2. The number of phosphoric ester groups is 2. The zero-order valence-electron chi connectivity index (χ0n) is 56.3. The molecule has 2 amide bonds. The van der Waals surface area contributed by atoms with Gasteiger partial charge in [-0.25, -0.2) is 9.13 Å². The van der Waals surface area contributed by atoms with E-state index in [-0.39, 0.29) is 50.3 Å². The highest BCUT2D eigenvalue weighted by molar-refractivity contribution is 7.46. The average Bonchev–Trinajstić information content (AvgIpc) is 0.966. The van der Waals surface area contributed by atoms with Gasteiger partial charge in [0.2, 0.25) is 11.8 Å². The van der Waals surface area contributed by atoms with Gasteiger partial charge in [0.05, 0.1) is 31.8 Å². The molecule has 524 valence electrons. The first-order valence-electron chi connectivity index (χ1n) is 35.4. The number of nitrogens with one attached hydrogen (secondary N) is 2. The van der Waals surface area contributed by atoms with Crippen molar-refractivity contribution < 1.29 is 85.7 Å². The second-order valence-electron chi connectivity index (χ2n) is 25.3. The molecule has 2 rings (SSSR count). The quantitative estimate of drug-likeness (QED) is 0.0129. The SMILES string of the molecule is CCCCCC/C=C\CCCCCCCCCC(=O)N[C@H]1[C@H](OCC2O[C@H](OP(=O)(O)O)[C@H](NC(=O)CC(=O)CCCCCCCCCCC)[C@@H](OCCCCCCCCCC)[C@@H]2O)OC(COC)[C@@H](OP(=O)(O)O)[C@@H]1CCC[C@@H](CCCCCCC)OC. The molecule has 0 aromatic rings. The van der Waals surface area contributed by atoms with Crippen LogP contribution in [0.2, 0.25) is 0 Å². The predicted octanol–water partition coefficient (Wildman–Crippen LogP) is 14.6. The number of carbonyl (C=O) groups excluding carboxylic acids is 3. The molecule has 2 unspecified atom stereocenters. The lowest BCUT2D eigenvalue weighted by Crippen LogP contribution is -2.66. The van der Waals surface area contributed by atoms with Gasteiger partial charge < -0.3 is 63.7 Å². The molecule has 20 nitrogen and oxygen atoms in total. The Kier molecular flexibility index (Phi) is 49.2. The van der Waals surface area contributed by atoms with E-state index in [0.29, 0.717) is 32.1 Å². The van der Waals surface area contributed by atoms with Crippen molar-refractivity contribution in [3.05, 3.63) is 12.2 Å². The largest absolute Gasteiger partial charge is 0.472 e. The summed E-state index contributed by atoms with van der Waals surface area (Å²) in [6.07, 6.45) is 33.3. The summed E-state index contributed by atoms with van der Waals surface area (Å²) in [4.78, 5) is 82.4. The molecule has 89 heavy (non-hydrogen) atoms. The van der Waals surface area contributed by atoms with Crippen molar-refractivity contribution in [2.24, 2.45) is 5.92 Å². The van der Waals surface area contributed by atoms with E-state index in [2.05, 4.69) is 50.5 Å². The normalized spacial score (nSPS) is 22.9. The van der Waals surface area contributed by atoms with E-state index in [1.807, 2.05) is 0 Å². The van der Waals surface area contributed by atoms with Crippen LogP contribution < -0.4 is 10.6 Å². The van der Waals surface area contributed by atoms with E-state index >= 15 is 0 Å². The number of Topliss-reactive ketones (excluding diaryl/α,β-unsaturated/α-hetero) is 1. The van der Waals surface area contributed by atoms with Crippen molar-refractivity contribution in [3.8, 4) is 0 Å². The van der Waals surface area contributed by atoms with Crippen molar-refractivity contribution in [2.75, 3.05) is 34.0 Å². The summed E-state index contributed by atoms with van der Waals surface area (Å²) in [6.45, 7) is 8.08. The third-order valence-electron chi connectivity index (χ3n) is 17.4. The van der Waals surface area contributed by atoms with Crippen molar-refractivity contribution in [2.45, 2.75) is 359 Å². The molecule has 0 spiro atoms. The predicted molar refractivity (Wildman–Crippen MR) is 350 cm³/mol. The van der Waals surface area contributed by atoms with Crippen LogP contribution in [-0.2, 0) is 61.0 Å². The van der Waals surface area contributed by atoms with E-state index < -0.39 is 95.7 Å². The second kappa shape index (κ2) is 52.6. The number of rotatable bonds is 59. The molecular weight excluding hydrogens is 1180 g/mol. The number of aliphatic hydroxyl groups is 1. The fraction of sp³-hybridized carbons (Fsp3) is 0.925. The molecule has 0 radical (unpaired) electrons. The zero-order valence-corrected chi connectivity index (χ0v) is 58.1. The summed E-state index contributed by atoms with van der Waals surface area (Å²) in [5.74, 6) is -2.25. The van der Waals surface area contributed by atoms with Gasteiger partial charge >= 0.3 is 15.6 Å². The third kappa shape index (κ3) is 41.0. The number of carbonyl (C=O) groups is 3. The zero-order chi connectivity index (χ0) is 65.4. The van der Waals surface area contributed by atoms with Crippen LogP contribution in [-0.4, -0.2) is 138 Å². The molecule has 0 aliphatic carbocycles. The lowest BCUT2D eigenvalue weighted by molar-refractivity contribution is -0.293. The molecule has 7 N–H and O–H groups in total. The standard InChI is InChI=1S/C67H128N2O18P2/c1-7-11-15-19-22-25-26-27-28-29-30-32-34-38-42-49-59(71)68-61-56(48-44-47-55(81-6)46-41-36-18-14-10-4)64(86-88(74,75)76)58(52-80-5)85-66(61)83-53-57-63(73)65(82-50-43-39-35-24-21-17-13-9-3)62(67(84-57)87-89(77,78)79)69-60(72)51-54(70)45-40-37-33-31-23-20-16-12-8-2/h25-26,55-58,61-67,73H,7-24,27-53H2,1-6H3,(H,68,71)(H,69,72)(H2,74,75,76)(H2,77,78,79)/b26-25-/t55-,56-,57?,58?,61-,62-,63-,64+,65-,66-,67-/m1/s1. The van der Waals surface area contributed by atoms with Gasteiger partial charge in [-0.15, -0.1) is 0 Å². The van der Waals surface area contributed by atoms with Gasteiger partial charge in [0.15, 0.2) is 12.6 Å². The Morgan fingerprint density at radius 3 is 1.48 bits per heavy atom. The number of unbranched alkanes of at least 4 members (excludes halogenated alkanes) is 30. The van der Waals surface area contributed by atoms with Gasteiger partial charge in [0.25, 0.3) is 0 Å². The van der Waals surface area contributed by atoms with Crippen LogP contribution in [0.5, 0.6) is 0 Å². The topological polar surface area (TPSA) is 284 Å². The summed E-state index contributed by atoms with van der Waals surface area (Å²) in [6, 6.07) is -2.59. The summed E-state index contributed by atoms with van der Waals surface area (Å²) >= 11 is 0. The molecule has 2 aliphatic rings. The molecular formula is C67H128N2O18P2. The Morgan fingerprint density at radius 1 is 0.494 bits per heavy atom. The lowest BCUT2D eigenvalue weighted by atomic mass is 9.82. The summed E-state index contributed by atoms with van der Waals surface area (Å²) < 4.78 is 73.3. The van der Waals surface area contributed by atoms with Gasteiger partial charge in [-0.2, -0.15) is 0 Å².